The highest BCUT2D eigenvalue weighted by Crippen LogP contribution is 2.36. The molecule has 2 rings (SSSR count). The van der Waals surface area contributed by atoms with Gasteiger partial charge in [0.15, 0.2) is 11.5 Å². The first-order valence-electron chi connectivity index (χ1n) is 5.79. The fourth-order valence-electron chi connectivity index (χ4n) is 1.66. The van der Waals surface area contributed by atoms with Crippen LogP contribution in [0.3, 0.4) is 0 Å². The molecule has 0 saturated carbocycles. The number of halogens is 2. The Balaban J connectivity index is 2.21. The third kappa shape index (κ3) is 3.44. The van der Waals surface area contributed by atoms with E-state index < -0.39 is 0 Å². The second kappa shape index (κ2) is 6.65. The molecule has 0 aliphatic carbocycles. The van der Waals surface area contributed by atoms with E-state index in [1.807, 2.05) is 30.3 Å². The number of rotatable bonds is 4. The smallest absolute Gasteiger partial charge is 0.180 e. The highest BCUT2D eigenvalue weighted by atomic mass is 79.9. The standard InChI is InChI=1S/C15H11BrClNO2/c1-19-14-7-11(8-18)6-13(17)15(14)20-9-10-2-4-12(16)5-3-10/h2-7H,9H2,1H3. The van der Waals surface area contributed by atoms with Gasteiger partial charge in [0, 0.05) is 10.5 Å². The maximum Gasteiger partial charge on any atom is 0.180 e. The summed E-state index contributed by atoms with van der Waals surface area (Å²) in [6.07, 6.45) is 0. The highest BCUT2D eigenvalue weighted by molar-refractivity contribution is 9.10. The third-order valence-electron chi connectivity index (χ3n) is 2.65. The second-order valence-corrected chi connectivity index (χ2v) is 5.34. The molecule has 3 nitrogen and oxygen atoms in total. The molecule has 0 saturated heterocycles. The van der Waals surface area contributed by atoms with Gasteiger partial charge < -0.3 is 9.47 Å². The van der Waals surface area contributed by atoms with Crippen LogP contribution in [0.4, 0.5) is 0 Å². The van der Waals surface area contributed by atoms with Crippen LogP contribution in [0.5, 0.6) is 11.5 Å². The van der Waals surface area contributed by atoms with Gasteiger partial charge in [-0.05, 0) is 23.8 Å². The SMILES string of the molecule is COc1cc(C#N)cc(Cl)c1OCc1ccc(Br)cc1. The quantitative estimate of drug-likeness (QED) is 0.810. The third-order valence-corrected chi connectivity index (χ3v) is 3.46. The number of methoxy groups -OCH3 is 1. The van der Waals surface area contributed by atoms with E-state index in [-0.39, 0.29) is 0 Å². The van der Waals surface area contributed by atoms with Gasteiger partial charge in [-0.3, -0.25) is 0 Å². The van der Waals surface area contributed by atoms with Crippen molar-refractivity contribution < 1.29 is 9.47 Å². The van der Waals surface area contributed by atoms with Crippen molar-refractivity contribution in [3.05, 3.63) is 57.0 Å². The molecule has 0 fully saturated rings. The van der Waals surface area contributed by atoms with Crippen LogP contribution in [0.25, 0.3) is 0 Å². The predicted octanol–water partition coefficient (Wildman–Crippen LogP) is 4.56. The number of hydrogen-bond donors (Lipinski definition) is 0. The maximum absolute atomic E-state index is 8.90. The van der Waals surface area contributed by atoms with Crippen LogP contribution in [-0.4, -0.2) is 7.11 Å². The minimum absolute atomic E-state index is 0.359. The Morgan fingerprint density at radius 1 is 1.25 bits per heavy atom. The summed E-state index contributed by atoms with van der Waals surface area (Å²) in [6, 6.07) is 13.0. The van der Waals surface area contributed by atoms with Gasteiger partial charge in [-0.2, -0.15) is 5.26 Å². The van der Waals surface area contributed by atoms with E-state index in [1.165, 1.54) is 7.11 Å². The van der Waals surface area contributed by atoms with Gasteiger partial charge in [-0.1, -0.05) is 39.7 Å². The Bertz CT molecular complexity index is 650. The van der Waals surface area contributed by atoms with E-state index in [2.05, 4.69) is 15.9 Å². The zero-order valence-electron chi connectivity index (χ0n) is 10.7. The average molecular weight is 353 g/mol. The van der Waals surface area contributed by atoms with Crippen molar-refractivity contribution in [2.45, 2.75) is 6.61 Å². The molecule has 0 spiro atoms. The van der Waals surface area contributed by atoms with Crippen molar-refractivity contribution in [2.24, 2.45) is 0 Å². The second-order valence-electron chi connectivity index (χ2n) is 4.02. The van der Waals surface area contributed by atoms with Gasteiger partial charge >= 0.3 is 0 Å². The summed E-state index contributed by atoms with van der Waals surface area (Å²) >= 11 is 9.50. The summed E-state index contributed by atoms with van der Waals surface area (Å²) in [6.45, 7) is 0.370. The van der Waals surface area contributed by atoms with E-state index in [1.54, 1.807) is 12.1 Å². The Kier molecular flexibility index (Phi) is 4.89. The Labute approximate surface area is 130 Å². The molecule has 0 aliphatic rings. The lowest BCUT2D eigenvalue weighted by Gasteiger charge is -2.12. The molecular formula is C15H11BrClNO2. The molecule has 2 aromatic carbocycles. The van der Waals surface area contributed by atoms with Gasteiger partial charge in [-0.25, -0.2) is 0 Å². The van der Waals surface area contributed by atoms with Crippen LogP contribution in [0.2, 0.25) is 5.02 Å². The van der Waals surface area contributed by atoms with E-state index in [0.717, 1.165) is 10.0 Å². The van der Waals surface area contributed by atoms with Gasteiger partial charge in [0.05, 0.1) is 23.8 Å². The number of ether oxygens (including phenoxy) is 2. The van der Waals surface area contributed by atoms with Crippen molar-refractivity contribution in [3.8, 4) is 17.6 Å². The minimum Gasteiger partial charge on any atom is -0.493 e. The average Bonchev–Trinajstić information content (AvgIpc) is 2.47. The molecule has 102 valence electrons. The molecule has 5 heteroatoms. The van der Waals surface area contributed by atoms with E-state index in [4.69, 9.17) is 26.3 Å². The van der Waals surface area contributed by atoms with Crippen LogP contribution in [-0.2, 0) is 6.61 Å². The highest BCUT2D eigenvalue weighted by Gasteiger charge is 2.12. The molecule has 2 aromatic rings. The lowest BCUT2D eigenvalue weighted by Crippen LogP contribution is -1.99. The first-order chi connectivity index (χ1) is 9.63. The zero-order chi connectivity index (χ0) is 14.5. The number of nitrogens with zero attached hydrogens (tertiary/aromatic N) is 1. The first kappa shape index (κ1) is 14.7. The molecular weight excluding hydrogens is 342 g/mol. The topological polar surface area (TPSA) is 42.2 Å². The van der Waals surface area contributed by atoms with Crippen molar-refractivity contribution in [1.82, 2.24) is 0 Å². The molecule has 0 bridgehead atoms. The summed E-state index contributed by atoms with van der Waals surface area (Å²) in [5.74, 6) is 0.891. The fraction of sp³-hybridized carbons (Fsp3) is 0.133. The molecule has 0 unspecified atom stereocenters. The molecule has 0 atom stereocenters. The van der Waals surface area contributed by atoms with Crippen molar-refractivity contribution in [3.63, 3.8) is 0 Å². The molecule has 0 radical (unpaired) electrons. The minimum atomic E-state index is 0.359. The van der Waals surface area contributed by atoms with Crippen molar-refractivity contribution in [2.75, 3.05) is 7.11 Å². The number of nitriles is 1. The largest absolute Gasteiger partial charge is 0.493 e. The van der Waals surface area contributed by atoms with Crippen LogP contribution in [0, 0.1) is 11.3 Å². The molecule has 0 amide bonds. The van der Waals surface area contributed by atoms with Gasteiger partial charge in [-0.15, -0.1) is 0 Å². The van der Waals surface area contributed by atoms with Gasteiger partial charge in [0.25, 0.3) is 0 Å². The number of hydrogen-bond acceptors (Lipinski definition) is 3. The maximum atomic E-state index is 8.90. The van der Waals surface area contributed by atoms with Gasteiger partial charge in [0.1, 0.15) is 6.61 Å². The lowest BCUT2D eigenvalue weighted by molar-refractivity contribution is 0.284. The zero-order valence-corrected chi connectivity index (χ0v) is 13.0. The summed E-state index contributed by atoms with van der Waals surface area (Å²) in [5.41, 5.74) is 1.44. The summed E-state index contributed by atoms with van der Waals surface area (Å²) in [7, 11) is 1.51. The lowest BCUT2D eigenvalue weighted by atomic mass is 10.2. The Morgan fingerprint density at radius 2 is 1.95 bits per heavy atom. The van der Waals surface area contributed by atoms with Crippen LogP contribution in [0.15, 0.2) is 40.9 Å². The monoisotopic (exact) mass is 351 g/mol. The van der Waals surface area contributed by atoms with E-state index >= 15 is 0 Å². The van der Waals surface area contributed by atoms with Crippen molar-refractivity contribution in [1.29, 1.82) is 5.26 Å². The summed E-state index contributed by atoms with van der Waals surface area (Å²) in [4.78, 5) is 0. The van der Waals surface area contributed by atoms with Crippen LogP contribution in [0.1, 0.15) is 11.1 Å². The molecule has 0 heterocycles. The number of benzene rings is 2. The normalized spacial score (nSPS) is 9.90. The van der Waals surface area contributed by atoms with Crippen LogP contribution < -0.4 is 9.47 Å². The van der Waals surface area contributed by atoms with E-state index in [9.17, 15) is 0 Å². The van der Waals surface area contributed by atoms with Gasteiger partial charge in [0.2, 0.25) is 0 Å². The predicted molar refractivity (Wildman–Crippen MR) is 81.2 cm³/mol. The summed E-state index contributed by atoms with van der Waals surface area (Å²) in [5, 5.41) is 9.26. The van der Waals surface area contributed by atoms with Crippen LogP contribution >= 0.6 is 27.5 Å². The Morgan fingerprint density at radius 3 is 2.55 bits per heavy atom. The van der Waals surface area contributed by atoms with Crippen molar-refractivity contribution >= 4 is 27.5 Å². The fourth-order valence-corrected chi connectivity index (χ4v) is 2.19. The van der Waals surface area contributed by atoms with E-state index in [0.29, 0.717) is 28.7 Å². The summed E-state index contributed by atoms with van der Waals surface area (Å²) < 4.78 is 11.9. The Hall–Kier alpha value is -1.70. The molecule has 0 aromatic heterocycles. The molecule has 0 aliphatic heterocycles. The first-order valence-corrected chi connectivity index (χ1v) is 6.96. The molecule has 0 N–H and O–H groups in total. The molecule has 20 heavy (non-hydrogen) atoms.